The van der Waals surface area contributed by atoms with Gasteiger partial charge >= 0.3 is 5.97 Å². The molecule has 1 amide bonds. The van der Waals surface area contributed by atoms with E-state index in [0.29, 0.717) is 24.4 Å². The van der Waals surface area contributed by atoms with E-state index in [1.807, 2.05) is 24.3 Å². The molecule has 0 bridgehead atoms. The summed E-state index contributed by atoms with van der Waals surface area (Å²) in [7, 11) is 1.58. The summed E-state index contributed by atoms with van der Waals surface area (Å²) in [6.45, 7) is 2.14. The van der Waals surface area contributed by atoms with Crippen LogP contribution in [0.1, 0.15) is 28.8 Å². The van der Waals surface area contributed by atoms with E-state index in [-0.39, 0.29) is 11.8 Å². The summed E-state index contributed by atoms with van der Waals surface area (Å²) >= 11 is 0. The fourth-order valence-corrected chi connectivity index (χ4v) is 3.35. The smallest absolute Gasteiger partial charge is 0.307 e. The van der Waals surface area contributed by atoms with Crippen molar-refractivity contribution in [3.05, 3.63) is 59.7 Å². The Morgan fingerprint density at radius 2 is 2.00 bits per heavy atom. The van der Waals surface area contributed by atoms with Gasteiger partial charge in [-0.25, -0.2) is 0 Å². The molecule has 0 radical (unpaired) electrons. The first-order valence-corrected chi connectivity index (χ1v) is 9.04. The van der Waals surface area contributed by atoms with E-state index < -0.39 is 5.97 Å². The molecule has 0 spiro atoms. The highest BCUT2D eigenvalue weighted by molar-refractivity contribution is 6.04. The molecule has 0 aliphatic carbocycles. The van der Waals surface area contributed by atoms with Gasteiger partial charge in [0.1, 0.15) is 5.75 Å². The molecule has 0 saturated carbocycles. The van der Waals surface area contributed by atoms with E-state index in [9.17, 15) is 14.7 Å². The maximum absolute atomic E-state index is 12.4. The van der Waals surface area contributed by atoms with Gasteiger partial charge in [0.15, 0.2) is 0 Å². The number of hydrogen-bond donors (Lipinski definition) is 2. The van der Waals surface area contributed by atoms with Crippen LogP contribution in [0.3, 0.4) is 0 Å². The number of aliphatic carboxylic acids is 1. The van der Waals surface area contributed by atoms with Gasteiger partial charge < -0.3 is 15.2 Å². The summed E-state index contributed by atoms with van der Waals surface area (Å²) in [6.07, 6.45) is 1.63. The molecule has 1 aliphatic heterocycles. The average Bonchev–Trinajstić information content (AvgIpc) is 2.68. The number of amides is 1. The standard InChI is InChI=1S/C21H24N2O4/c1-27-19-9-7-16(8-10-19)20(24)22-18-6-2-4-15(12-18)13-23-11-3-5-17(14-23)21(25)26/h2,4,6-10,12,17H,3,5,11,13-14H2,1H3,(H,22,24)(H,25,26). The highest BCUT2D eigenvalue weighted by Crippen LogP contribution is 2.20. The normalized spacial score (nSPS) is 17.3. The molecular weight excluding hydrogens is 344 g/mol. The van der Waals surface area contributed by atoms with Crippen LogP contribution in [0.4, 0.5) is 5.69 Å². The van der Waals surface area contributed by atoms with Gasteiger partial charge in [0.05, 0.1) is 13.0 Å². The summed E-state index contributed by atoms with van der Waals surface area (Å²) in [6, 6.07) is 14.6. The molecule has 3 rings (SSSR count). The SMILES string of the molecule is COc1ccc(C(=O)Nc2cccc(CN3CCCC(C(=O)O)C3)c2)cc1. The number of benzene rings is 2. The molecular formula is C21H24N2O4. The molecule has 1 unspecified atom stereocenters. The van der Waals surface area contributed by atoms with Crippen LogP contribution in [-0.4, -0.2) is 42.1 Å². The highest BCUT2D eigenvalue weighted by Gasteiger charge is 2.25. The van der Waals surface area contributed by atoms with Gasteiger partial charge in [0, 0.05) is 24.3 Å². The lowest BCUT2D eigenvalue weighted by Crippen LogP contribution is -2.38. The van der Waals surface area contributed by atoms with Crippen LogP contribution >= 0.6 is 0 Å². The summed E-state index contributed by atoms with van der Waals surface area (Å²) in [4.78, 5) is 25.8. The molecule has 0 aromatic heterocycles. The number of carboxylic acids is 1. The maximum Gasteiger partial charge on any atom is 0.307 e. The van der Waals surface area contributed by atoms with Gasteiger partial charge in [-0.15, -0.1) is 0 Å². The Morgan fingerprint density at radius 3 is 2.70 bits per heavy atom. The number of nitrogens with one attached hydrogen (secondary N) is 1. The number of anilines is 1. The first-order chi connectivity index (χ1) is 13.0. The predicted octanol–water partition coefficient (Wildman–Crippen LogP) is 3.24. The van der Waals surface area contributed by atoms with Crippen molar-refractivity contribution in [3.8, 4) is 5.75 Å². The lowest BCUT2D eigenvalue weighted by Gasteiger charge is -2.30. The summed E-state index contributed by atoms with van der Waals surface area (Å²) in [5.74, 6) is -0.495. The Morgan fingerprint density at radius 1 is 1.22 bits per heavy atom. The van der Waals surface area contributed by atoms with E-state index in [0.717, 1.165) is 30.6 Å². The number of ether oxygens (including phenoxy) is 1. The van der Waals surface area contributed by atoms with Crippen molar-refractivity contribution in [2.24, 2.45) is 5.92 Å². The summed E-state index contributed by atoms with van der Waals surface area (Å²) in [5, 5.41) is 12.1. The van der Waals surface area contributed by atoms with E-state index >= 15 is 0 Å². The number of methoxy groups -OCH3 is 1. The predicted molar refractivity (Wildman–Crippen MR) is 103 cm³/mol. The van der Waals surface area contributed by atoms with Gasteiger partial charge in [0.25, 0.3) is 5.91 Å². The van der Waals surface area contributed by atoms with Crippen LogP contribution in [0, 0.1) is 5.92 Å². The van der Waals surface area contributed by atoms with Crippen LogP contribution in [-0.2, 0) is 11.3 Å². The minimum Gasteiger partial charge on any atom is -0.497 e. The second-order valence-corrected chi connectivity index (χ2v) is 6.80. The number of likely N-dealkylation sites (tertiary alicyclic amines) is 1. The van der Waals surface area contributed by atoms with Crippen LogP contribution in [0.15, 0.2) is 48.5 Å². The maximum atomic E-state index is 12.4. The molecule has 27 heavy (non-hydrogen) atoms. The second-order valence-electron chi connectivity index (χ2n) is 6.80. The van der Waals surface area contributed by atoms with Crippen LogP contribution < -0.4 is 10.1 Å². The Balaban J connectivity index is 1.62. The fourth-order valence-electron chi connectivity index (χ4n) is 3.35. The van der Waals surface area contributed by atoms with Crippen molar-refractivity contribution in [1.29, 1.82) is 0 Å². The Hall–Kier alpha value is -2.86. The molecule has 1 atom stereocenters. The van der Waals surface area contributed by atoms with Crippen LogP contribution in [0.25, 0.3) is 0 Å². The monoisotopic (exact) mass is 368 g/mol. The summed E-state index contributed by atoms with van der Waals surface area (Å²) in [5.41, 5.74) is 2.33. The average molecular weight is 368 g/mol. The second kappa shape index (κ2) is 8.68. The number of nitrogens with zero attached hydrogens (tertiary/aromatic N) is 1. The third kappa shape index (κ3) is 5.08. The lowest BCUT2D eigenvalue weighted by molar-refractivity contribution is -0.143. The highest BCUT2D eigenvalue weighted by atomic mass is 16.5. The van der Waals surface area contributed by atoms with Crippen molar-refractivity contribution in [2.45, 2.75) is 19.4 Å². The largest absolute Gasteiger partial charge is 0.497 e. The van der Waals surface area contributed by atoms with Crippen molar-refractivity contribution in [1.82, 2.24) is 4.90 Å². The van der Waals surface area contributed by atoms with Gasteiger partial charge in [-0.05, 0) is 61.3 Å². The van der Waals surface area contributed by atoms with Gasteiger partial charge in [-0.1, -0.05) is 12.1 Å². The number of carboxylic acid groups (broad SMARTS) is 1. The molecule has 1 saturated heterocycles. The van der Waals surface area contributed by atoms with Crippen molar-refractivity contribution in [2.75, 3.05) is 25.5 Å². The zero-order valence-electron chi connectivity index (χ0n) is 15.4. The van der Waals surface area contributed by atoms with Gasteiger partial charge in [0.2, 0.25) is 0 Å². The molecule has 6 heteroatoms. The minimum absolute atomic E-state index is 0.182. The molecule has 2 aromatic carbocycles. The Kier molecular flexibility index (Phi) is 6.08. The summed E-state index contributed by atoms with van der Waals surface area (Å²) < 4.78 is 5.10. The van der Waals surface area contributed by atoms with Gasteiger partial charge in [-0.3, -0.25) is 14.5 Å². The number of piperidine rings is 1. The molecule has 1 fully saturated rings. The van der Waals surface area contributed by atoms with E-state index in [4.69, 9.17) is 4.74 Å². The lowest BCUT2D eigenvalue weighted by atomic mass is 9.98. The fraction of sp³-hybridized carbons (Fsp3) is 0.333. The number of rotatable bonds is 6. The van der Waals surface area contributed by atoms with Crippen molar-refractivity contribution >= 4 is 17.6 Å². The first-order valence-electron chi connectivity index (χ1n) is 9.04. The number of hydrogen-bond acceptors (Lipinski definition) is 4. The number of carbonyl (C=O) groups excluding carboxylic acids is 1. The third-order valence-corrected chi connectivity index (χ3v) is 4.80. The quantitative estimate of drug-likeness (QED) is 0.818. The Labute approximate surface area is 158 Å². The number of carbonyl (C=O) groups is 2. The zero-order chi connectivity index (χ0) is 19.2. The van der Waals surface area contributed by atoms with E-state index in [1.165, 1.54) is 0 Å². The van der Waals surface area contributed by atoms with Gasteiger partial charge in [-0.2, -0.15) is 0 Å². The first kappa shape index (κ1) is 18.9. The molecule has 2 aromatic rings. The topological polar surface area (TPSA) is 78.9 Å². The molecule has 6 nitrogen and oxygen atoms in total. The van der Waals surface area contributed by atoms with E-state index in [1.54, 1.807) is 31.4 Å². The zero-order valence-corrected chi connectivity index (χ0v) is 15.4. The third-order valence-electron chi connectivity index (χ3n) is 4.80. The molecule has 2 N–H and O–H groups in total. The Bertz CT molecular complexity index is 804. The van der Waals surface area contributed by atoms with Crippen LogP contribution in [0.5, 0.6) is 5.75 Å². The van der Waals surface area contributed by atoms with Crippen molar-refractivity contribution < 1.29 is 19.4 Å². The molecule has 1 aliphatic rings. The van der Waals surface area contributed by atoms with Crippen LogP contribution in [0.2, 0.25) is 0 Å². The molecule has 142 valence electrons. The van der Waals surface area contributed by atoms with E-state index in [2.05, 4.69) is 10.2 Å². The minimum atomic E-state index is -0.722. The van der Waals surface area contributed by atoms with Crippen molar-refractivity contribution in [3.63, 3.8) is 0 Å². The molecule has 1 heterocycles.